The minimum atomic E-state index is -1.04. The molecule has 190 valence electrons. The molecule has 0 radical (unpaired) electrons. The van der Waals surface area contributed by atoms with Gasteiger partial charge >= 0.3 is 5.97 Å². The van der Waals surface area contributed by atoms with Crippen LogP contribution in [0.15, 0.2) is 36.5 Å². The van der Waals surface area contributed by atoms with Crippen LogP contribution in [0.3, 0.4) is 0 Å². The minimum Gasteiger partial charge on any atom is -0.476 e. The third-order valence-corrected chi connectivity index (χ3v) is 9.60. The lowest BCUT2D eigenvalue weighted by Gasteiger charge is -2.57. The number of aromatic carboxylic acids is 1. The maximum Gasteiger partial charge on any atom is 0.355 e. The van der Waals surface area contributed by atoms with E-state index in [1.54, 1.807) is 0 Å². The highest BCUT2D eigenvalue weighted by atomic mass is 16.4. The first-order valence-corrected chi connectivity index (χ1v) is 13.5. The highest BCUT2D eigenvalue weighted by Gasteiger charge is 2.52. The normalized spacial score (nSPS) is 27.8. The van der Waals surface area contributed by atoms with E-state index in [0.717, 1.165) is 53.8 Å². The van der Waals surface area contributed by atoms with Crippen LogP contribution in [0.1, 0.15) is 76.2 Å². The van der Waals surface area contributed by atoms with Gasteiger partial charge in [0, 0.05) is 35.5 Å². The molecule has 5 aliphatic rings. The van der Waals surface area contributed by atoms with Gasteiger partial charge in [0.05, 0.1) is 11.7 Å². The molecule has 3 heterocycles. The lowest BCUT2D eigenvalue weighted by atomic mass is 9.53. The summed E-state index contributed by atoms with van der Waals surface area (Å²) in [6.07, 6.45) is 11.2. The number of rotatable bonds is 5. The molecular formula is C30H32N4O3. The van der Waals surface area contributed by atoms with Gasteiger partial charge in [0.1, 0.15) is 12.1 Å². The van der Waals surface area contributed by atoms with E-state index in [1.165, 1.54) is 44.1 Å². The summed E-state index contributed by atoms with van der Waals surface area (Å²) in [4.78, 5) is 30.7. The molecule has 1 aromatic carbocycles. The van der Waals surface area contributed by atoms with Crippen LogP contribution >= 0.6 is 0 Å². The van der Waals surface area contributed by atoms with Crippen LogP contribution in [0, 0.1) is 24.7 Å². The SMILES string of the molecule is Cc1c(-c2ccc(N3CCc4cccc(C=O)c4C3)nc2C(=O)O)cnn1C12CC3CC(CC(C3)C1)C2. The molecule has 7 nitrogen and oxygen atoms in total. The molecule has 2 aromatic heterocycles. The Hall–Kier alpha value is -3.48. The van der Waals surface area contributed by atoms with Crippen molar-refractivity contribution in [3.63, 3.8) is 0 Å². The van der Waals surface area contributed by atoms with E-state index in [9.17, 15) is 14.7 Å². The van der Waals surface area contributed by atoms with Crippen LogP contribution in [-0.4, -0.2) is 38.7 Å². The van der Waals surface area contributed by atoms with E-state index in [-0.39, 0.29) is 11.2 Å². The summed E-state index contributed by atoms with van der Waals surface area (Å²) in [6, 6.07) is 9.61. The minimum absolute atomic E-state index is 0.0557. The van der Waals surface area contributed by atoms with Gasteiger partial charge in [-0.05, 0) is 92.9 Å². The quantitative estimate of drug-likeness (QED) is 0.485. The van der Waals surface area contributed by atoms with E-state index in [4.69, 9.17) is 5.10 Å². The number of anilines is 1. The smallest absolute Gasteiger partial charge is 0.355 e. The zero-order chi connectivity index (χ0) is 25.3. The summed E-state index contributed by atoms with van der Waals surface area (Å²) < 4.78 is 2.24. The van der Waals surface area contributed by atoms with Crippen LogP contribution in [0.25, 0.3) is 11.1 Å². The Morgan fingerprint density at radius 3 is 2.46 bits per heavy atom. The molecule has 0 saturated heterocycles. The molecule has 4 aliphatic carbocycles. The standard InChI is InChI=1S/C30H32N4O3/c1-18-25(15-31-34(18)30-12-19-9-20(13-30)11-21(10-19)14-30)24-5-6-27(32-28(24)29(36)37)33-8-7-22-3-2-4-23(17-35)26(22)16-33/h2-6,15,17,19-21H,7-14,16H2,1H3,(H,36,37). The van der Waals surface area contributed by atoms with Gasteiger partial charge in [-0.2, -0.15) is 5.10 Å². The van der Waals surface area contributed by atoms with Crippen molar-refractivity contribution in [1.29, 1.82) is 0 Å². The van der Waals surface area contributed by atoms with Crippen LogP contribution in [0.4, 0.5) is 5.82 Å². The Bertz CT molecular complexity index is 1390. The first-order chi connectivity index (χ1) is 17.9. The van der Waals surface area contributed by atoms with E-state index in [2.05, 4.69) is 27.6 Å². The second-order valence-electron chi connectivity index (χ2n) is 11.8. The van der Waals surface area contributed by atoms with Gasteiger partial charge in [-0.1, -0.05) is 18.2 Å². The molecule has 0 atom stereocenters. The Kier molecular flexibility index (Phi) is 5.07. The molecule has 37 heavy (non-hydrogen) atoms. The molecule has 4 bridgehead atoms. The number of hydrogen-bond acceptors (Lipinski definition) is 5. The molecule has 7 heteroatoms. The Morgan fingerprint density at radius 1 is 1.05 bits per heavy atom. The van der Waals surface area contributed by atoms with Crippen molar-refractivity contribution in [2.24, 2.45) is 17.8 Å². The second kappa shape index (κ2) is 8.27. The predicted octanol–water partition coefficient (Wildman–Crippen LogP) is 5.25. The molecular weight excluding hydrogens is 464 g/mol. The van der Waals surface area contributed by atoms with Crippen molar-refractivity contribution in [3.05, 3.63) is 64.6 Å². The molecule has 3 aromatic rings. The fraction of sp³-hybridized carbons (Fsp3) is 0.467. The van der Waals surface area contributed by atoms with Gasteiger partial charge in [0.25, 0.3) is 0 Å². The van der Waals surface area contributed by atoms with E-state index in [0.29, 0.717) is 23.5 Å². The number of nitrogens with zero attached hydrogens (tertiary/aromatic N) is 4. The number of carboxylic acid groups (broad SMARTS) is 1. The zero-order valence-corrected chi connectivity index (χ0v) is 21.2. The zero-order valence-electron chi connectivity index (χ0n) is 21.2. The first-order valence-electron chi connectivity index (χ1n) is 13.5. The van der Waals surface area contributed by atoms with Crippen LogP contribution in [-0.2, 0) is 18.5 Å². The monoisotopic (exact) mass is 496 g/mol. The molecule has 0 unspecified atom stereocenters. The number of benzene rings is 1. The summed E-state index contributed by atoms with van der Waals surface area (Å²) >= 11 is 0. The molecule has 4 saturated carbocycles. The fourth-order valence-electron chi connectivity index (χ4n) is 8.39. The van der Waals surface area contributed by atoms with Crippen molar-refractivity contribution in [2.45, 2.75) is 64.0 Å². The Morgan fingerprint density at radius 2 is 1.78 bits per heavy atom. The summed E-state index contributed by atoms with van der Waals surface area (Å²) in [5, 5.41) is 15.1. The third-order valence-electron chi connectivity index (χ3n) is 9.60. The van der Waals surface area contributed by atoms with Gasteiger partial charge in [0.2, 0.25) is 0 Å². The fourth-order valence-corrected chi connectivity index (χ4v) is 8.39. The number of hydrogen-bond donors (Lipinski definition) is 1. The average molecular weight is 497 g/mol. The van der Waals surface area contributed by atoms with Crippen molar-refractivity contribution in [3.8, 4) is 11.1 Å². The highest BCUT2D eigenvalue weighted by Crippen LogP contribution is 2.59. The van der Waals surface area contributed by atoms with Gasteiger partial charge < -0.3 is 10.0 Å². The molecule has 4 fully saturated rings. The summed E-state index contributed by atoms with van der Waals surface area (Å²) in [5.41, 5.74) is 5.52. The lowest BCUT2D eigenvalue weighted by Crippen LogP contribution is -2.52. The van der Waals surface area contributed by atoms with E-state index < -0.39 is 5.97 Å². The largest absolute Gasteiger partial charge is 0.476 e. The van der Waals surface area contributed by atoms with Crippen molar-refractivity contribution >= 4 is 18.1 Å². The Labute approximate surface area is 216 Å². The number of carboxylic acids is 1. The molecule has 8 rings (SSSR count). The maximum absolute atomic E-state index is 12.4. The molecule has 1 N–H and O–H groups in total. The van der Waals surface area contributed by atoms with E-state index in [1.807, 2.05) is 30.5 Å². The molecule has 1 aliphatic heterocycles. The van der Waals surface area contributed by atoms with Gasteiger partial charge in [-0.25, -0.2) is 9.78 Å². The lowest BCUT2D eigenvalue weighted by molar-refractivity contribution is -0.0503. The number of carbonyl (C=O) groups is 2. The number of carbonyl (C=O) groups excluding carboxylic acids is 1. The number of fused-ring (bicyclic) bond motifs is 1. The highest BCUT2D eigenvalue weighted by molar-refractivity contribution is 5.94. The average Bonchev–Trinajstić information content (AvgIpc) is 3.28. The van der Waals surface area contributed by atoms with Gasteiger partial charge in [-0.15, -0.1) is 0 Å². The maximum atomic E-state index is 12.4. The first kappa shape index (κ1) is 22.7. The molecule has 0 amide bonds. The summed E-state index contributed by atoms with van der Waals surface area (Å²) in [6.45, 7) is 3.35. The Balaban J connectivity index is 1.23. The third kappa shape index (κ3) is 3.54. The summed E-state index contributed by atoms with van der Waals surface area (Å²) in [7, 11) is 0. The van der Waals surface area contributed by atoms with Crippen molar-refractivity contribution in [2.75, 3.05) is 11.4 Å². The van der Waals surface area contributed by atoms with Crippen LogP contribution in [0.2, 0.25) is 0 Å². The van der Waals surface area contributed by atoms with Crippen LogP contribution in [0.5, 0.6) is 0 Å². The van der Waals surface area contributed by atoms with Crippen molar-refractivity contribution < 1.29 is 14.7 Å². The second-order valence-corrected chi connectivity index (χ2v) is 11.8. The van der Waals surface area contributed by atoms with E-state index >= 15 is 0 Å². The van der Waals surface area contributed by atoms with Crippen LogP contribution < -0.4 is 4.90 Å². The number of aromatic nitrogens is 3. The van der Waals surface area contributed by atoms with Gasteiger partial charge in [-0.3, -0.25) is 9.48 Å². The summed E-state index contributed by atoms with van der Waals surface area (Å²) in [5.74, 6) is 2.01. The van der Waals surface area contributed by atoms with Crippen molar-refractivity contribution in [1.82, 2.24) is 14.8 Å². The topological polar surface area (TPSA) is 88.3 Å². The predicted molar refractivity (Wildman–Crippen MR) is 140 cm³/mol. The van der Waals surface area contributed by atoms with Gasteiger partial charge in [0.15, 0.2) is 5.69 Å². The number of pyridine rings is 1. The molecule has 0 spiro atoms. The number of aldehydes is 1.